The fourth-order valence-corrected chi connectivity index (χ4v) is 7.53. The molecule has 10 aromatic rings. The van der Waals surface area contributed by atoms with Gasteiger partial charge in [-0.15, -0.1) is 0 Å². The van der Waals surface area contributed by atoms with E-state index < -0.39 is 0 Å². The molecule has 0 spiro atoms. The minimum absolute atomic E-state index is 0.956. The van der Waals surface area contributed by atoms with Crippen LogP contribution in [0.2, 0.25) is 0 Å². The van der Waals surface area contributed by atoms with E-state index in [2.05, 4.69) is 179 Å². The van der Waals surface area contributed by atoms with Gasteiger partial charge in [0.2, 0.25) is 0 Å². The van der Waals surface area contributed by atoms with Gasteiger partial charge in [-0.25, -0.2) is 4.98 Å². The molecule has 3 aromatic heterocycles. The highest BCUT2D eigenvalue weighted by Gasteiger charge is 2.20. The summed E-state index contributed by atoms with van der Waals surface area (Å²) in [4.78, 5) is 5.08. The minimum Gasteiger partial charge on any atom is -0.309 e. The third-order valence-electron chi connectivity index (χ3n) is 9.68. The Morgan fingerprint density at radius 2 is 0.958 bits per heavy atom. The van der Waals surface area contributed by atoms with Crippen LogP contribution in [0.3, 0.4) is 0 Å². The van der Waals surface area contributed by atoms with Crippen molar-refractivity contribution in [2.75, 3.05) is 0 Å². The molecule has 3 nitrogen and oxygen atoms in total. The molecule has 10 rings (SSSR count). The van der Waals surface area contributed by atoms with E-state index in [0.29, 0.717) is 0 Å². The molecule has 224 valence electrons. The lowest BCUT2D eigenvalue weighted by Gasteiger charge is -2.12. The number of pyridine rings is 1. The normalized spacial score (nSPS) is 11.8. The van der Waals surface area contributed by atoms with Crippen LogP contribution < -0.4 is 0 Å². The molecule has 3 heteroatoms. The van der Waals surface area contributed by atoms with Crippen LogP contribution in [0.25, 0.3) is 88.3 Å². The van der Waals surface area contributed by atoms with Crippen LogP contribution in [-0.4, -0.2) is 14.1 Å². The van der Waals surface area contributed by atoms with Gasteiger partial charge in [0.15, 0.2) is 0 Å². The average Bonchev–Trinajstić information content (AvgIpc) is 3.67. The fourth-order valence-electron chi connectivity index (χ4n) is 7.53. The van der Waals surface area contributed by atoms with Crippen molar-refractivity contribution in [2.45, 2.75) is 0 Å². The van der Waals surface area contributed by atoms with Crippen molar-refractivity contribution < 1.29 is 0 Å². The van der Waals surface area contributed by atoms with Gasteiger partial charge in [0.05, 0.1) is 33.5 Å². The maximum atomic E-state index is 5.08. The lowest BCUT2D eigenvalue weighted by atomic mass is 10.0. The Morgan fingerprint density at radius 1 is 0.333 bits per heavy atom. The zero-order chi connectivity index (χ0) is 31.6. The molecule has 0 aliphatic heterocycles. The van der Waals surface area contributed by atoms with E-state index in [1.54, 1.807) is 0 Å². The maximum absolute atomic E-state index is 5.08. The SMILES string of the molecule is c1ccc(-c2cccc(-c3cccc(-n4c5ccccc5c5cc6c7ccc8ccccc8c7n(-c7ccccc7)c6cc54)c3)n2)cc1. The highest BCUT2D eigenvalue weighted by Crippen LogP contribution is 2.41. The first-order chi connectivity index (χ1) is 23.8. The number of hydrogen-bond donors (Lipinski definition) is 0. The molecule has 48 heavy (non-hydrogen) atoms. The summed E-state index contributed by atoms with van der Waals surface area (Å²) in [6, 6.07) is 63.0. The molecule has 0 aliphatic rings. The molecule has 0 saturated heterocycles. The van der Waals surface area contributed by atoms with E-state index in [4.69, 9.17) is 4.98 Å². The van der Waals surface area contributed by atoms with Gasteiger partial charge >= 0.3 is 0 Å². The highest BCUT2D eigenvalue weighted by molar-refractivity contribution is 6.23. The summed E-state index contributed by atoms with van der Waals surface area (Å²) in [5.41, 5.74) is 11.2. The van der Waals surface area contributed by atoms with E-state index in [-0.39, 0.29) is 0 Å². The van der Waals surface area contributed by atoms with Crippen molar-refractivity contribution in [3.8, 4) is 33.9 Å². The van der Waals surface area contributed by atoms with Gasteiger partial charge in [-0.1, -0.05) is 121 Å². The van der Waals surface area contributed by atoms with Gasteiger partial charge in [-0.3, -0.25) is 0 Å². The van der Waals surface area contributed by atoms with Crippen molar-refractivity contribution in [1.29, 1.82) is 0 Å². The number of hydrogen-bond acceptors (Lipinski definition) is 1. The van der Waals surface area contributed by atoms with Gasteiger partial charge in [-0.05, 0) is 60.0 Å². The second-order valence-corrected chi connectivity index (χ2v) is 12.4. The number of benzene rings is 7. The Labute approximate surface area is 277 Å². The smallest absolute Gasteiger partial charge is 0.0710 e. The van der Waals surface area contributed by atoms with Gasteiger partial charge in [0.25, 0.3) is 0 Å². The number of rotatable bonds is 4. The van der Waals surface area contributed by atoms with Gasteiger partial charge < -0.3 is 9.13 Å². The third-order valence-corrected chi connectivity index (χ3v) is 9.68. The summed E-state index contributed by atoms with van der Waals surface area (Å²) in [7, 11) is 0. The van der Waals surface area contributed by atoms with Gasteiger partial charge in [0, 0.05) is 49.4 Å². The van der Waals surface area contributed by atoms with Crippen LogP contribution >= 0.6 is 0 Å². The Morgan fingerprint density at radius 3 is 1.81 bits per heavy atom. The molecule has 0 unspecified atom stereocenters. The minimum atomic E-state index is 0.956. The summed E-state index contributed by atoms with van der Waals surface area (Å²) >= 11 is 0. The Bertz CT molecular complexity index is 2820. The first kappa shape index (κ1) is 26.7. The first-order valence-electron chi connectivity index (χ1n) is 16.4. The molecule has 0 fully saturated rings. The predicted molar refractivity (Wildman–Crippen MR) is 201 cm³/mol. The van der Waals surface area contributed by atoms with E-state index >= 15 is 0 Å². The molecule has 0 N–H and O–H groups in total. The molecular formula is C45H29N3. The van der Waals surface area contributed by atoms with Crippen molar-refractivity contribution in [3.63, 3.8) is 0 Å². The topological polar surface area (TPSA) is 22.8 Å². The molecule has 0 radical (unpaired) electrons. The maximum Gasteiger partial charge on any atom is 0.0710 e. The van der Waals surface area contributed by atoms with Crippen LogP contribution in [0.4, 0.5) is 0 Å². The molecular weight excluding hydrogens is 583 g/mol. The zero-order valence-corrected chi connectivity index (χ0v) is 26.1. The Balaban J connectivity index is 1.26. The lowest BCUT2D eigenvalue weighted by Crippen LogP contribution is -1.97. The highest BCUT2D eigenvalue weighted by atomic mass is 15.0. The Kier molecular flexibility index (Phi) is 5.87. The summed E-state index contributed by atoms with van der Waals surface area (Å²) in [5, 5.41) is 7.50. The summed E-state index contributed by atoms with van der Waals surface area (Å²) in [6.45, 7) is 0. The van der Waals surface area contributed by atoms with E-state index in [1.807, 2.05) is 6.07 Å². The van der Waals surface area contributed by atoms with Crippen LogP contribution in [0.5, 0.6) is 0 Å². The van der Waals surface area contributed by atoms with Crippen molar-refractivity contribution >= 4 is 54.4 Å². The Hall–Kier alpha value is -6.45. The second-order valence-electron chi connectivity index (χ2n) is 12.4. The lowest BCUT2D eigenvalue weighted by molar-refractivity contribution is 1.17. The summed E-state index contributed by atoms with van der Waals surface area (Å²) < 4.78 is 4.86. The molecule has 0 aliphatic carbocycles. The van der Waals surface area contributed by atoms with Crippen LogP contribution in [0.15, 0.2) is 176 Å². The van der Waals surface area contributed by atoms with Crippen molar-refractivity contribution in [2.24, 2.45) is 0 Å². The number of nitrogens with zero attached hydrogens (tertiary/aromatic N) is 3. The van der Waals surface area contributed by atoms with E-state index in [0.717, 1.165) is 33.9 Å². The van der Waals surface area contributed by atoms with Gasteiger partial charge in [-0.2, -0.15) is 0 Å². The number of para-hydroxylation sites is 2. The molecule has 0 bridgehead atoms. The van der Waals surface area contributed by atoms with Crippen molar-refractivity contribution in [3.05, 3.63) is 176 Å². The van der Waals surface area contributed by atoms with Crippen molar-refractivity contribution in [1.82, 2.24) is 14.1 Å². The molecule has 0 amide bonds. The van der Waals surface area contributed by atoms with Crippen LogP contribution in [-0.2, 0) is 0 Å². The van der Waals surface area contributed by atoms with Gasteiger partial charge in [0.1, 0.15) is 0 Å². The monoisotopic (exact) mass is 611 g/mol. The third kappa shape index (κ3) is 4.04. The molecule has 0 atom stereocenters. The fraction of sp³-hybridized carbons (Fsp3) is 0. The van der Waals surface area contributed by atoms with E-state index in [9.17, 15) is 0 Å². The van der Waals surface area contributed by atoms with Crippen LogP contribution in [0.1, 0.15) is 0 Å². The molecule has 3 heterocycles. The predicted octanol–water partition coefficient (Wildman–Crippen LogP) is 11.8. The van der Waals surface area contributed by atoms with E-state index in [1.165, 1.54) is 54.4 Å². The standard InChI is InChI=1S/C45H29N3/c1-3-14-31(15-4-1)40-22-12-23-41(46-40)32-16-11-19-34(27-32)47-42-24-10-9-21-36(42)38-28-39-37-26-25-30-13-7-8-20-35(30)45(37)48(44(39)29-43(38)47)33-17-5-2-6-18-33/h1-29H. The molecule has 0 saturated carbocycles. The van der Waals surface area contributed by atoms with Crippen LogP contribution in [0, 0.1) is 0 Å². The zero-order valence-electron chi connectivity index (χ0n) is 26.1. The quantitative estimate of drug-likeness (QED) is 0.194. The summed E-state index contributed by atoms with van der Waals surface area (Å²) in [5.74, 6) is 0. The number of aromatic nitrogens is 3. The summed E-state index contributed by atoms with van der Waals surface area (Å²) in [6.07, 6.45) is 0. The second kappa shape index (κ2) is 10.5. The first-order valence-corrected chi connectivity index (χ1v) is 16.4. The average molecular weight is 612 g/mol. The number of fused-ring (bicyclic) bond motifs is 8. The largest absolute Gasteiger partial charge is 0.309 e. The molecule has 7 aromatic carbocycles.